The number of rotatable bonds is 3. The van der Waals surface area contributed by atoms with Crippen LogP contribution in [-0.2, 0) is 11.2 Å². The van der Waals surface area contributed by atoms with Crippen molar-refractivity contribution in [3.63, 3.8) is 0 Å². The molecule has 0 aromatic carbocycles. The Kier molecular flexibility index (Phi) is 3.03. The van der Waals surface area contributed by atoms with Gasteiger partial charge >= 0.3 is 5.97 Å². The monoisotopic (exact) mass is 222 g/mol. The summed E-state index contributed by atoms with van der Waals surface area (Å²) in [6, 6.07) is 0. The maximum atomic E-state index is 10.6. The third kappa shape index (κ3) is 2.29. The summed E-state index contributed by atoms with van der Waals surface area (Å²) in [6.07, 6.45) is 5.49. The molecule has 86 valence electrons. The molecule has 0 bridgehead atoms. The van der Waals surface area contributed by atoms with Gasteiger partial charge in [-0.3, -0.25) is 4.79 Å². The zero-order valence-corrected chi connectivity index (χ0v) is 8.89. The van der Waals surface area contributed by atoms with Crippen LogP contribution in [0.5, 0.6) is 5.75 Å². The Morgan fingerprint density at radius 3 is 2.75 bits per heavy atom. The van der Waals surface area contributed by atoms with Gasteiger partial charge in [-0.05, 0) is 12.8 Å². The molecule has 0 atom stereocenters. The third-order valence-electron chi connectivity index (χ3n) is 2.90. The van der Waals surface area contributed by atoms with E-state index in [1.165, 1.54) is 19.0 Å². The van der Waals surface area contributed by atoms with Crippen LogP contribution in [0.1, 0.15) is 43.1 Å². The lowest BCUT2D eigenvalue weighted by Crippen LogP contribution is -2.07. The summed E-state index contributed by atoms with van der Waals surface area (Å²) >= 11 is 0. The predicted octanol–water partition coefficient (Wildman–Crippen LogP) is 1.47. The molecule has 2 rings (SSSR count). The lowest BCUT2D eigenvalue weighted by molar-refractivity contribution is -0.136. The number of aromatic nitrogens is 2. The summed E-state index contributed by atoms with van der Waals surface area (Å²) in [6.45, 7) is 0. The van der Waals surface area contributed by atoms with Gasteiger partial charge < -0.3 is 10.2 Å². The third-order valence-corrected chi connectivity index (χ3v) is 2.90. The van der Waals surface area contributed by atoms with Gasteiger partial charge in [-0.25, -0.2) is 9.97 Å². The van der Waals surface area contributed by atoms with E-state index in [0.717, 1.165) is 12.8 Å². The van der Waals surface area contributed by atoms with Crippen molar-refractivity contribution in [2.24, 2.45) is 0 Å². The Bertz CT molecular complexity index is 400. The second-order valence-electron chi connectivity index (χ2n) is 4.11. The van der Waals surface area contributed by atoms with Crippen molar-refractivity contribution in [2.75, 3.05) is 0 Å². The molecule has 0 unspecified atom stereocenters. The molecule has 16 heavy (non-hydrogen) atoms. The van der Waals surface area contributed by atoms with E-state index in [4.69, 9.17) is 5.11 Å². The molecule has 0 spiro atoms. The topological polar surface area (TPSA) is 83.3 Å². The molecule has 1 heterocycles. The van der Waals surface area contributed by atoms with E-state index in [2.05, 4.69) is 9.97 Å². The first kappa shape index (κ1) is 10.9. The van der Waals surface area contributed by atoms with Crippen LogP contribution in [0.15, 0.2) is 6.20 Å². The highest BCUT2D eigenvalue weighted by molar-refractivity contribution is 5.70. The van der Waals surface area contributed by atoms with Crippen molar-refractivity contribution in [1.29, 1.82) is 0 Å². The molecule has 1 aromatic heterocycles. The summed E-state index contributed by atoms with van der Waals surface area (Å²) < 4.78 is 0. The zero-order chi connectivity index (χ0) is 11.5. The average molecular weight is 222 g/mol. The van der Waals surface area contributed by atoms with Gasteiger partial charge in [0.15, 0.2) is 5.75 Å². The van der Waals surface area contributed by atoms with Gasteiger partial charge in [0.25, 0.3) is 0 Å². The van der Waals surface area contributed by atoms with Crippen molar-refractivity contribution in [3.8, 4) is 5.75 Å². The van der Waals surface area contributed by atoms with Gasteiger partial charge in [0.2, 0.25) is 0 Å². The lowest BCUT2D eigenvalue weighted by Gasteiger charge is -2.09. The van der Waals surface area contributed by atoms with Crippen LogP contribution in [0.3, 0.4) is 0 Å². The predicted molar refractivity (Wildman–Crippen MR) is 56.2 cm³/mol. The number of aliphatic carboxylic acids is 1. The van der Waals surface area contributed by atoms with Gasteiger partial charge in [0.05, 0.1) is 18.3 Å². The van der Waals surface area contributed by atoms with Crippen LogP contribution in [0.25, 0.3) is 0 Å². The highest BCUT2D eigenvalue weighted by Crippen LogP contribution is 2.32. The average Bonchev–Trinajstić information content (AvgIpc) is 2.73. The van der Waals surface area contributed by atoms with E-state index in [9.17, 15) is 9.90 Å². The van der Waals surface area contributed by atoms with Crippen molar-refractivity contribution in [2.45, 2.75) is 38.0 Å². The Labute approximate surface area is 93.2 Å². The van der Waals surface area contributed by atoms with E-state index in [0.29, 0.717) is 11.7 Å². The van der Waals surface area contributed by atoms with Crippen LogP contribution in [-0.4, -0.2) is 26.2 Å². The van der Waals surface area contributed by atoms with Gasteiger partial charge in [0, 0.05) is 5.92 Å². The first-order valence-corrected chi connectivity index (χ1v) is 5.43. The van der Waals surface area contributed by atoms with Crippen LogP contribution in [0, 0.1) is 0 Å². The molecule has 1 saturated carbocycles. The van der Waals surface area contributed by atoms with E-state index in [-0.39, 0.29) is 17.9 Å². The minimum atomic E-state index is -0.994. The summed E-state index contributed by atoms with van der Waals surface area (Å²) in [5.74, 6) is -0.129. The highest BCUT2D eigenvalue weighted by atomic mass is 16.4. The number of nitrogens with zero attached hydrogens (tertiary/aromatic N) is 2. The molecule has 1 fully saturated rings. The SMILES string of the molecule is O=C(O)Cc1nc(C2CCCC2)ncc1O. The summed E-state index contributed by atoms with van der Waals surface area (Å²) in [5, 5.41) is 18.1. The van der Waals surface area contributed by atoms with E-state index >= 15 is 0 Å². The Morgan fingerprint density at radius 2 is 2.12 bits per heavy atom. The number of carbonyl (C=O) groups is 1. The van der Waals surface area contributed by atoms with Crippen molar-refractivity contribution < 1.29 is 15.0 Å². The van der Waals surface area contributed by atoms with Gasteiger partial charge in [0.1, 0.15) is 5.82 Å². The smallest absolute Gasteiger partial charge is 0.309 e. The molecule has 5 nitrogen and oxygen atoms in total. The standard InChI is InChI=1S/C11H14N2O3/c14-9-6-12-11(7-3-1-2-4-7)13-8(9)5-10(15)16/h6-7,14H,1-5H2,(H,15,16). The minimum absolute atomic E-state index is 0.135. The molecule has 0 aliphatic heterocycles. The van der Waals surface area contributed by atoms with E-state index < -0.39 is 5.97 Å². The number of hydrogen-bond donors (Lipinski definition) is 2. The molecule has 0 radical (unpaired) electrons. The normalized spacial score (nSPS) is 16.5. The fourth-order valence-corrected chi connectivity index (χ4v) is 2.08. The Morgan fingerprint density at radius 1 is 1.44 bits per heavy atom. The molecule has 2 N–H and O–H groups in total. The maximum absolute atomic E-state index is 10.6. The summed E-state index contributed by atoms with van der Waals surface area (Å²) in [5.41, 5.74) is 0.212. The van der Waals surface area contributed by atoms with Gasteiger partial charge in [-0.2, -0.15) is 0 Å². The first-order chi connectivity index (χ1) is 7.66. The fourth-order valence-electron chi connectivity index (χ4n) is 2.08. The summed E-state index contributed by atoms with van der Waals surface area (Å²) in [7, 11) is 0. The minimum Gasteiger partial charge on any atom is -0.504 e. The lowest BCUT2D eigenvalue weighted by atomic mass is 10.1. The fraction of sp³-hybridized carbons (Fsp3) is 0.545. The highest BCUT2D eigenvalue weighted by Gasteiger charge is 2.21. The Balaban J connectivity index is 2.23. The second-order valence-corrected chi connectivity index (χ2v) is 4.11. The molecular formula is C11H14N2O3. The van der Waals surface area contributed by atoms with Crippen LogP contribution < -0.4 is 0 Å². The first-order valence-electron chi connectivity index (χ1n) is 5.43. The second kappa shape index (κ2) is 4.47. The van der Waals surface area contributed by atoms with E-state index in [1.54, 1.807) is 0 Å². The van der Waals surface area contributed by atoms with Crippen molar-refractivity contribution in [3.05, 3.63) is 17.7 Å². The summed E-state index contributed by atoms with van der Waals surface area (Å²) in [4.78, 5) is 18.8. The quantitative estimate of drug-likeness (QED) is 0.809. The molecule has 1 aliphatic carbocycles. The van der Waals surface area contributed by atoms with Crippen LogP contribution in [0.4, 0.5) is 0 Å². The molecular weight excluding hydrogens is 208 g/mol. The molecule has 1 aromatic rings. The molecule has 0 saturated heterocycles. The van der Waals surface area contributed by atoms with Gasteiger partial charge in [-0.15, -0.1) is 0 Å². The number of carboxylic acids is 1. The van der Waals surface area contributed by atoms with Crippen LogP contribution >= 0.6 is 0 Å². The van der Waals surface area contributed by atoms with Crippen LogP contribution in [0.2, 0.25) is 0 Å². The maximum Gasteiger partial charge on any atom is 0.309 e. The van der Waals surface area contributed by atoms with Crippen molar-refractivity contribution >= 4 is 5.97 Å². The number of carboxylic acid groups (broad SMARTS) is 1. The largest absolute Gasteiger partial charge is 0.504 e. The Hall–Kier alpha value is -1.65. The molecule has 5 heteroatoms. The number of aromatic hydroxyl groups is 1. The van der Waals surface area contributed by atoms with E-state index in [1.807, 2.05) is 0 Å². The van der Waals surface area contributed by atoms with Crippen molar-refractivity contribution in [1.82, 2.24) is 9.97 Å². The zero-order valence-electron chi connectivity index (χ0n) is 8.89. The molecule has 1 aliphatic rings. The number of hydrogen-bond acceptors (Lipinski definition) is 4. The molecule has 0 amide bonds. The van der Waals surface area contributed by atoms with Gasteiger partial charge in [-0.1, -0.05) is 12.8 Å².